The van der Waals surface area contributed by atoms with E-state index < -0.39 is 0 Å². The number of benzene rings is 1. The molecule has 0 amide bonds. The van der Waals surface area contributed by atoms with Crippen molar-refractivity contribution in [3.8, 4) is 6.07 Å². The summed E-state index contributed by atoms with van der Waals surface area (Å²) in [6, 6.07) is 9.30. The van der Waals surface area contributed by atoms with Crippen LogP contribution in [0.4, 0.5) is 0 Å². The zero-order valence-corrected chi connectivity index (χ0v) is 8.49. The van der Waals surface area contributed by atoms with E-state index in [1.807, 2.05) is 25.1 Å². The second-order valence-electron chi connectivity index (χ2n) is 3.15. The molecule has 0 atom stereocenters. The normalized spacial score (nSPS) is 10.8. The predicted octanol–water partition coefficient (Wildman–Crippen LogP) is 1.59. The average Bonchev–Trinajstić information content (AvgIpc) is 2.18. The number of rotatable bonds is 2. The molecule has 0 aliphatic heterocycles. The Kier molecular flexibility index (Phi) is 3.58. The highest BCUT2D eigenvalue weighted by Crippen LogP contribution is 2.04. The number of hydrogen-bond acceptors (Lipinski definition) is 2. The van der Waals surface area contributed by atoms with E-state index in [4.69, 9.17) is 16.4 Å². The minimum absolute atomic E-state index is 0.0498. The molecule has 4 nitrogen and oxygen atoms in total. The van der Waals surface area contributed by atoms with E-state index in [0.29, 0.717) is 5.56 Å². The Morgan fingerprint density at radius 2 is 2.07 bits per heavy atom. The van der Waals surface area contributed by atoms with Gasteiger partial charge in [-0.1, -0.05) is 29.8 Å². The Balaban J connectivity index is 2.82. The van der Waals surface area contributed by atoms with Gasteiger partial charge in [-0.05, 0) is 6.92 Å². The first-order chi connectivity index (χ1) is 7.13. The van der Waals surface area contributed by atoms with Crippen LogP contribution < -0.4 is 5.73 Å². The molecule has 0 radical (unpaired) electrons. The van der Waals surface area contributed by atoms with Crippen LogP contribution in [0.2, 0.25) is 0 Å². The van der Waals surface area contributed by atoms with Gasteiger partial charge in [-0.25, -0.2) is 4.99 Å². The van der Waals surface area contributed by atoms with Gasteiger partial charge in [-0.3, -0.25) is 5.41 Å². The molecule has 15 heavy (non-hydrogen) atoms. The third kappa shape index (κ3) is 3.24. The van der Waals surface area contributed by atoms with Gasteiger partial charge in [0, 0.05) is 5.56 Å². The lowest BCUT2D eigenvalue weighted by molar-refractivity contribution is 1.33. The number of aryl methyl sites for hydroxylation is 1. The van der Waals surface area contributed by atoms with Crippen molar-refractivity contribution in [2.75, 3.05) is 0 Å². The van der Waals surface area contributed by atoms with Crippen LogP contribution in [0.1, 0.15) is 17.5 Å². The summed E-state index contributed by atoms with van der Waals surface area (Å²) in [6.45, 7) is 1.97. The predicted molar refractivity (Wildman–Crippen MR) is 59.9 cm³/mol. The molecule has 1 aromatic carbocycles. The molecular formula is C11H12N4. The van der Waals surface area contributed by atoms with E-state index in [2.05, 4.69) is 4.99 Å². The van der Waals surface area contributed by atoms with Gasteiger partial charge in [0.2, 0.25) is 0 Å². The van der Waals surface area contributed by atoms with E-state index >= 15 is 0 Å². The van der Waals surface area contributed by atoms with Crippen LogP contribution in [0.25, 0.3) is 0 Å². The van der Waals surface area contributed by atoms with E-state index in [9.17, 15) is 0 Å². The summed E-state index contributed by atoms with van der Waals surface area (Å²) < 4.78 is 0. The van der Waals surface area contributed by atoms with Crippen molar-refractivity contribution in [1.29, 1.82) is 10.7 Å². The quantitative estimate of drug-likeness (QED) is 0.561. The fourth-order valence-corrected chi connectivity index (χ4v) is 1.04. The zero-order valence-electron chi connectivity index (χ0n) is 8.49. The number of nitrogens with two attached hydrogens (primary N) is 1. The van der Waals surface area contributed by atoms with E-state index in [-0.39, 0.29) is 18.1 Å². The monoisotopic (exact) mass is 200 g/mol. The van der Waals surface area contributed by atoms with Crippen molar-refractivity contribution < 1.29 is 0 Å². The largest absolute Gasteiger partial charge is 0.386 e. The molecular weight excluding hydrogens is 188 g/mol. The Hall–Kier alpha value is -2.15. The first-order valence-electron chi connectivity index (χ1n) is 4.49. The number of amidine groups is 2. The second kappa shape index (κ2) is 4.91. The zero-order chi connectivity index (χ0) is 11.3. The highest BCUT2D eigenvalue weighted by Gasteiger charge is 2.00. The standard InChI is InChI=1S/C11H12N4/c1-8-2-4-9(5-3-8)11(14)15-10(13)6-7-12/h2-5H,6H2,1H3,(H3,13,14,15). The fraction of sp³-hybridized carbons (Fsp3) is 0.182. The van der Waals surface area contributed by atoms with Crippen LogP contribution >= 0.6 is 0 Å². The smallest absolute Gasteiger partial charge is 0.153 e. The fourth-order valence-electron chi connectivity index (χ4n) is 1.04. The number of hydrogen-bond donors (Lipinski definition) is 2. The van der Waals surface area contributed by atoms with Gasteiger partial charge in [0.1, 0.15) is 5.84 Å². The first kappa shape index (κ1) is 10.9. The highest BCUT2D eigenvalue weighted by atomic mass is 14.9. The van der Waals surface area contributed by atoms with Crippen LogP contribution in [0.3, 0.4) is 0 Å². The van der Waals surface area contributed by atoms with Crippen LogP contribution in [0.15, 0.2) is 29.3 Å². The van der Waals surface area contributed by atoms with Crippen molar-refractivity contribution >= 4 is 11.7 Å². The molecule has 1 aromatic rings. The summed E-state index contributed by atoms with van der Waals surface area (Å²) >= 11 is 0. The van der Waals surface area contributed by atoms with Crippen LogP contribution in [0, 0.1) is 23.7 Å². The molecule has 0 fully saturated rings. The molecule has 0 aliphatic rings. The van der Waals surface area contributed by atoms with Gasteiger partial charge >= 0.3 is 0 Å². The van der Waals surface area contributed by atoms with Gasteiger partial charge < -0.3 is 5.73 Å². The molecule has 0 heterocycles. The van der Waals surface area contributed by atoms with Gasteiger partial charge in [-0.15, -0.1) is 0 Å². The average molecular weight is 200 g/mol. The molecule has 0 spiro atoms. The van der Waals surface area contributed by atoms with Gasteiger partial charge in [-0.2, -0.15) is 5.26 Å². The van der Waals surface area contributed by atoms with Crippen molar-refractivity contribution in [2.45, 2.75) is 13.3 Å². The molecule has 76 valence electrons. The number of aliphatic imine (C=N–C) groups is 1. The van der Waals surface area contributed by atoms with Crippen LogP contribution in [-0.2, 0) is 0 Å². The number of nitriles is 1. The number of nitrogens with zero attached hydrogens (tertiary/aromatic N) is 2. The molecule has 0 saturated heterocycles. The lowest BCUT2D eigenvalue weighted by Gasteiger charge is -2.00. The maximum absolute atomic E-state index is 8.38. The maximum Gasteiger partial charge on any atom is 0.153 e. The lowest BCUT2D eigenvalue weighted by atomic mass is 10.1. The van der Waals surface area contributed by atoms with E-state index in [1.165, 1.54) is 0 Å². The third-order valence-electron chi connectivity index (χ3n) is 1.84. The third-order valence-corrected chi connectivity index (χ3v) is 1.84. The van der Waals surface area contributed by atoms with Crippen molar-refractivity contribution in [1.82, 2.24) is 0 Å². The molecule has 0 saturated carbocycles. The highest BCUT2D eigenvalue weighted by molar-refractivity contribution is 6.04. The van der Waals surface area contributed by atoms with Crippen LogP contribution in [0.5, 0.6) is 0 Å². The van der Waals surface area contributed by atoms with E-state index in [1.54, 1.807) is 12.1 Å². The van der Waals surface area contributed by atoms with Crippen molar-refractivity contribution in [3.63, 3.8) is 0 Å². The topological polar surface area (TPSA) is 86.0 Å². The van der Waals surface area contributed by atoms with Gasteiger partial charge in [0.25, 0.3) is 0 Å². The Bertz CT molecular complexity index is 423. The van der Waals surface area contributed by atoms with Crippen molar-refractivity contribution in [3.05, 3.63) is 35.4 Å². The molecule has 3 N–H and O–H groups in total. The van der Waals surface area contributed by atoms with Crippen LogP contribution in [-0.4, -0.2) is 11.7 Å². The summed E-state index contributed by atoms with van der Waals surface area (Å²) in [6.07, 6.45) is 0.0498. The number of nitrogens with one attached hydrogen (secondary N) is 1. The van der Waals surface area contributed by atoms with Gasteiger partial charge in [0.05, 0.1) is 12.5 Å². The summed E-state index contributed by atoms with van der Waals surface area (Å²) in [5.41, 5.74) is 7.26. The lowest BCUT2D eigenvalue weighted by Crippen LogP contribution is -2.13. The SMILES string of the molecule is Cc1ccc(C(=N)N=C(N)CC#N)cc1. The minimum Gasteiger partial charge on any atom is -0.386 e. The molecule has 0 bridgehead atoms. The molecule has 0 aliphatic carbocycles. The first-order valence-corrected chi connectivity index (χ1v) is 4.49. The Morgan fingerprint density at radius 3 is 2.60 bits per heavy atom. The summed E-state index contributed by atoms with van der Waals surface area (Å²) in [4.78, 5) is 3.82. The summed E-state index contributed by atoms with van der Waals surface area (Å²) in [5, 5.41) is 16.0. The maximum atomic E-state index is 8.38. The summed E-state index contributed by atoms with van der Waals surface area (Å²) in [7, 11) is 0. The summed E-state index contributed by atoms with van der Waals surface area (Å²) in [5.74, 6) is 0.255. The molecule has 0 unspecified atom stereocenters. The Morgan fingerprint density at radius 1 is 1.47 bits per heavy atom. The molecule has 1 rings (SSSR count). The molecule has 4 heteroatoms. The van der Waals surface area contributed by atoms with Crippen molar-refractivity contribution in [2.24, 2.45) is 10.7 Å². The second-order valence-corrected chi connectivity index (χ2v) is 3.15. The van der Waals surface area contributed by atoms with E-state index in [0.717, 1.165) is 5.56 Å². The molecule has 0 aromatic heterocycles. The van der Waals surface area contributed by atoms with Gasteiger partial charge in [0.15, 0.2) is 5.84 Å². The Labute approximate surface area is 88.6 Å². The minimum atomic E-state index is 0.0498.